The average molecular weight is 478 g/mol. The number of nitrogens with zero attached hydrogens (tertiary/aromatic N) is 3. The number of hydrogen-bond donors (Lipinski definition) is 0. The summed E-state index contributed by atoms with van der Waals surface area (Å²) in [6, 6.07) is 23.8. The first-order valence-corrected chi connectivity index (χ1v) is 13.1. The molecule has 1 unspecified atom stereocenters. The van der Waals surface area contributed by atoms with Gasteiger partial charge in [0.2, 0.25) is 10.0 Å². The normalized spacial score (nSPS) is 16.6. The van der Waals surface area contributed by atoms with Gasteiger partial charge in [-0.1, -0.05) is 48.0 Å². The lowest BCUT2D eigenvalue weighted by Crippen LogP contribution is -2.38. The number of hydrogen-bond acceptors (Lipinski definition) is 4. The molecule has 1 saturated heterocycles. The molecule has 1 heterocycles. The lowest BCUT2D eigenvalue weighted by molar-refractivity contribution is 0.0693. The molecule has 0 saturated carbocycles. The standard InChI is InChI=1S/C27H31N3O3S/c1-4-28(5-2)24-15-13-22(14-16-24)26-29(27(31)23-9-7-6-8-10-23)19-20-30(26)34(32,33)25-17-11-21(3)12-18-25/h6-18,26H,4-5,19-20H2,1-3H3. The van der Waals surface area contributed by atoms with E-state index in [0.29, 0.717) is 12.1 Å². The SMILES string of the molecule is CCN(CC)c1ccc(C2N(C(=O)c3ccccc3)CCN2S(=O)(=O)c2ccc(C)cc2)cc1. The van der Waals surface area contributed by atoms with Crippen LogP contribution < -0.4 is 4.90 Å². The summed E-state index contributed by atoms with van der Waals surface area (Å²) < 4.78 is 28.8. The second kappa shape index (κ2) is 9.99. The molecular weight excluding hydrogens is 446 g/mol. The summed E-state index contributed by atoms with van der Waals surface area (Å²) in [5, 5.41) is 0. The third-order valence-corrected chi connectivity index (χ3v) is 8.23. The van der Waals surface area contributed by atoms with Gasteiger partial charge in [0.1, 0.15) is 6.17 Å². The second-order valence-electron chi connectivity index (χ2n) is 8.43. The van der Waals surface area contributed by atoms with Crippen molar-refractivity contribution in [3.63, 3.8) is 0 Å². The number of anilines is 1. The maximum atomic E-state index is 13.7. The molecule has 0 aliphatic carbocycles. The van der Waals surface area contributed by atoms with Gasteiger partial charge in [-0.05, 0) is 62.7 Å². The minimum atomic E-state index is -3.81. The van der Waals surface area contributed by atoms with Crippen LogP contribution in [0.5, 0.6) is 0 Å². The van der Waals surface area contributed by atoms with E-state index in [1.54, 1.807) is 41.3 Å². The third-order valence-electron chi connectivity index (χ3n) is 6.36. The molecule has 3 aromatic carbocycles. The Labute approximate surface area is 202 Å². The minimum absolute atomic E-state index is 0.181. The summed E-state index contributed by atoms with van der Waals surface area (Å²) in [6.07, 6.45) is -0.718. The molecule has 1 aliphatic rings. The average Bonchev–Trinajstić information content (AvgIpc) is 3.32. The van der Waals surface area contributed by atoms with Crippen molar-refractivity contribution in [2.24, 2.45) is 0 Å². The van der Waals surface area contributed by atoms with Crippen molar-refractivity contribution in [2.75, 3.05) is 31.1 Å². The molecule has 6 nitrogen and oxygen atoms in total. The van der Waals surface area contributed by atoms with E-state index in [0.717, 1.165) is 29.9 Å². The van der Waals surface area contributed by atoms with Crippen molar-refractivity contribution in [2.45, 2.75) is 31.8 Å². The predicted octanol–water partition coefficient (Wildman–Crippen LogP) is 4.69. The maximum absolute atomic E-state index is 13.7. The van der Waals surface area contributed by atoms with E-state index in [2.05, 4.69) is 18.7 Å². The molecule has 0 bridgehead atoms. The summed E-state index contributed by atoms with van der Waals surface area (Å²) in [6.45, 7) is 8.44. The molecule has 3 aromatic rings. The van der Waals surface area contributed by atoms with Crippen molar-refractivity contribution < 1.29 is 13.2 Å². The van der Waals surface area contributed by atoms with Gasteiger partial charge in [-0.15, -0.1) is 0 Å². The lowest BCUT2D eigenvalue weighted by Gasteiger charge is -2.31. The molecule has 1 atom stereocenters. The number of carbonyl (C=O) groups excluding carboxylic acids is 1. The zero-order chi connectivity index (χ0) is 24.3. The van der Waals surface area contributed by atoms with Gasteiger partial charge in [0.15, 0.2) is 0 Å². The molecule has 1 amide bonds. The summed E-state index contributed by atoms with van der Waals surface area (Å²) in [5.74, 6) is -0.181. The highest BCUT2D eigenvalue weighted by Crippen LogP contribution is 2.36. The predicted molar refractivity (Wildman–Crippen MR) is 135 cm³/mol. The summed E-state index contributed by atoms with van der Waals surface area (Å²) in [5.41, 5.74) is 3.38. The van der Waals surface area contributed by atoms with Gasteiger partial charge in [-0.25, -0.2) is 8.42 Å². The number of aryl methyl sites for hydroxylation is 1. The molecule has 0 N–H and O–H groups in total. The minimum Gasteiger partial charge on any atom is -0.372 e. The zero-order valence-corrected chi connectivity index (χ0v) is 20.7. The third kappa shape index (κ3) is 4.58. The van der Waals surface area contributed by atoms with Crippen LogP contribution in [0.25, 0.3) is 0 Å². The fourth-order valence-electron chi connectivity index (χ4n) is 4.45. The number of carbonyl (C=O) groups is 1. The van der Waals surface area contributed by atoms with E-state index in [9.17, 15) is 13.2 Å². The molecule has 1 fully saturated rings. The number of amides is 1. The molecule has 4 rings (SSSR count). The number of sulfonamides is 1. The van der Waals surface area contributed by atoms with Gasteiger partial charge in [0.05, 0.1) is 4.90 Å². The van der Waals surface area contributed by atoms with Gasteiger partial charge >= 0.3 is 0 Å². The molecule has 1 aliphatic heterocycles. The van der Waals surface area contributed by atoms with Crippen molar-refractivity contribution in [3.05, 3.63) is 95.6 Å². The Morgan fingerprint density at radius 1 is 0.882 bits per heavy atom. The quantitative estimate of drug-likeness (QED) is 0.496. The smallest absolute Gasteiger partial charge is 0.255 e. The van der Waals surface area contributed by atoms with E-state index in [-0.39, 0.29) is 17.3 Å². The van der Waals surface area contributed by atoms with E-state index >= 15 is 0 Å². The van der Waals surface area contributed by atoms with Gasteiger partial charge in [0.25, 0.3) is 5.91 Å². The Morgan fingerprint density at radius 2 is 1.50 bits per heavy atom. The Balaban J connectivity index is 1.76. The monoisotopic (exact) mass is 477 g/mol. The Morgan fingerprint density at radius 3 is 2.09 bits per heavy atom. The van der Waals surface area contributed by atoms with E-state index in [1.165, 1.54) is 4.31 Å². The van der Waals surface area contributed by atoms with Crippen LogP contribution >= 0.6 is 0 Å². The van der Waals surface area contributed by atoms with E-state index in [1.807, 2.05) is 49.4 Å². The highest BCUT2D eigenvalue weighted by atomic mass is 32.2. The fraction of sp³-hybridized carbons (Fsp3) is 0.296. The Bertz CT molecular complexity index is 1220. The molecule has 0 spiro atoms. The van der Waals surface area contributed by atoms with Crippen molar-refractivity contribution in [1.82, 2.24) is 9.21 Å². The molecule has 34 heavy (non-hydrogen) atoms. The first-order valence-electron chi connectivity index (χ1n) is 11.7. The van der Waals surface area contributed by atoms with Crippen molar-refractivity contribution in [3.8, 4) is 0 Å². The lowest BCUT2D eigenvalue weighted by atomic mass is 10.1. The van der Waals surface area contributed by atoms with Crippen molar-refractivity contribution >= 4 is 21.6 Å². The molecule has 0 radical (unpaired) electrons. The first-order chi connectivity index (χ1) is 16.4. The summed E-state index contributed by atoms with van der Waals surface area (Å²) in [4.78, 5) is 17.6. The number of benzene rings is 3. The summed E-state index contributed by atoms with van der Waals surface area (Å²) >= 11 is 0. The first kappa shape index (κ1) is 24.0. The highest BCUT2D eigenvalue weighted by molar-refractivity contribution is 7.89. The fourth-order valence-corrected chi connectivity index (χ4v) is 6.03. The number of rotatable bonds is 7. The van der Waals surface area contributed by atoms with Crippen LogP contribution in [-0.2, 0) is 10.0 Å². The van der Waals surface area contributed by atoms with Crippen LogP contribution in [0.2, 0.25) is 0 Å². The van der Waals surface area contributed by atoms with Crippen LogP contribution in [0.4, 0.5) is 5.69 Å². The van der Waals surface area contributed by atoms with Crippen LogP contribution in [0, 0.1) is 6.92 Å². The van der Waals surface area contributed by atoms with Crippen LogP contribution in [0.3, 0.4) is 0 Å². The molecule has 7 heteroatoms. The second-order valence-corrected chi connectivity index (χ2v) is 10.3. The van der Waals surface area contributed by atoms with Gasteiger partial charge in [-0.3, -0.25) is 4.79 Å². The van der Waals surface area contributed by atoms with Crippen LogP contribution in [-0.4, -0.2) is 49.7 Å². The van der Waals surface area contributed by atoms with E-state index < -0.39 is 16.2 Å². The molecule has 0 aromatic heterocycles. The topological polar surface area (TPSA) is 60.9 Å². The Hall–Kier alpha value is -3.16. The molecular formula is C27H31N3O3S. The Kier molecular flexibility index (Phi) is 7.05. The van der Waals surface area contributed by atoms with E-state index in [4.69, 9.17) is 0 Å². The summed E-state index contributed by atoms with van der Waals surface area (Å²) in [7, 11) is -3.81. The maximum Gasteiger partial charge on any atom is 0.255 e. The van der Waals surface area contributed by atoms with Crippen LogP contribution in [0.1, 0.15) is 41.5 Å². The van der Waals surface area contributed by atoms with Crippen LogP contribution in [0.15, 0.2) is 83.8 Å². The van der Waals surface area contributed by atoms with Gasteiger partial charge in [0, 0.05) is 37.4 Å². The largest absolute Gasteiger partial charge is 0.372 e. The molecule has 178 valence electrons. The van der Waals surface area contributed by atoms with Gasteiger partial charge in [-0.2, -0.15) is 4.31 Å². The van der Waals surface area contributed by atoms with Gasteiger partial charge < -0.3 is 9.80 Å². The zero-order valence-electron chi connectivity index (χ0n) is 19.9. The van der Waals surface area contributed by atoms with Crippen molar-refractivity contribution in [1.29, 1.82) is 0 Å². The highest BCUT2D eigenvalue weighted by Gasteiger charge is 2.43.